The van der Waals surface area contributed by atoms with Crippen molar-refractivity contribution >= 4 is 82.4 Å². The number of furan rings is 1. The molecule has 0 bridgehead atoms. The topological polar surface area (TPSA) is 21.3 Å². The number of fused-ring (bicyclic) bond motifs is 8. The third-order valence-corrected chi connectivity index (χ3v) is 12.0. The zero-order chi connectivity index (χ0) is 38.9. The van der Waals surface area contributed by atoms with Gasteiger partial charge in [0.2, 0.25) is 0 Å². The second-order valence-electron chi connectivity index (χ2n) is 15.3. The Morgan fingerprint density at radius 3 is 1.85 bits per heavy atom. The van der Waals surface area contributed by atoms with E-state index in [9.17, 15) is 0 Å². The molecule has 3 heteroatoms. The largest absolute Gasteiger partial charge is 0.456 e. The van der Waals surface area contributed by atoms with Crippen LogP contribution in [-0.4, -0.2) is 4.57 Å². The fourth-order valence-electron chi connectivity index (χ4n) is 9.30. The van der Waals surface area contributed by atoms with E-state index in [-0.39, 0.29) is 0 Å². The predicted octanol–water partition coefficient (Wildman–Crippen LogP) is 15.8. The van der Waals surface area contributed by atoms with Crippen LogP contribution in [0.5, 0.6) is 0 Å². The molecule has 0 unspecified atom stereocenters. The Kier molecular flexibility index (Phi) is 7.54. The minimum atomic E-state index is 0.896. The van der Waals surface area contributed by atoms with Gasteiger partial charge in [0.1, 0.15) is 11.2 Å². The van der Waals surface area contributed by atoms with E-state index in [1.54, 1.807) is 0 Å². The maximum Gasteiger partial charge on any atom is 0.135 e. The van der Waals surface area contributed by atoms with Gasteiger partial charge in [-0.15, -0.1) is 0 Å². The lowest BCUT2D eigenvalue weighted by atomic mass is 9.97. The van der Waals surface area contributed by atoms with Crippen LogP contribution in [0.15, 0.2) is 223 Å². The van der Waals surface area contributed by atoms with Crippen molar-refractivity contribution in [1.29, 1.82) is 0 Å². The molecule has 0 saturated carbocycles. The molecule has 0 N–H and O–H groups in total. The van der Waals surface area contributed by atoms with Crippen LogP contribution in [0.3, 0.4) is 0 Å². The quantitative estimate of drug-likeness (QED) is 0.169. The number of anilines is 3. The molecule has 0 fully saturated rings. The average Bonchev–Trinajstić information content (AvgIpc) is 3.85. The first-order chi connectivity index (χ1) is 29.3. The lowest BCUT2D eigenvalue weighted by molar-refractivity contribution is 0.669. The first kappa shape index (κ1) is 33.3. The van der Waals surface area contributed by atoms with Gasteiger partial charge >= 0.3 is 0 Å². The van der Waals surface area contributed by atoms with E-state index in [0.29, 0.717) is 0 Å². The molecule has 0 aliphatic heterocycles. The van der Waals surface area contributed by atoms with E-state index in [4.69, 9.17) is 4.42 Å². The summed E-state index contributed by atoms with van der Waals surface area (Å²) in [4.78, 5) is 2.41. The maximum absolute atomic E-state index is 6.22. The second-order valence-corrected chi connectivity index (χ2v) is 15.3. The predicted molar refractivity (Wildman–Crippen MR) is 249 cm³/mol. The normalized spacial score (nSPS) is 11.7. The Bertz CT molecular complexity index is 3560. The van der Waals surface area contributed by atoms with Crippen molar-refractivity contribution in [3.05, 3.63) is 218 Å². The molecule has 276 valence electrons. The molecule has 0 atom stereocenters. The van der Waals surface area contributed by atoms with E-state index in [0.717, 1.165) is 55.8 Å². The highest BCUT2D eigenvalue weighted by Gasteiger charge is 2.20. The van der Waals surface area contributed by atoms with E-state index in [1.807, 2.05) is 12.1 Å². The Morgan fingerprint density at radius 1 is 0.356 bits per heavy atom. The van der Waals surface area contributed by atoms with Gasteiger partial charge in [0.25, 0.3) is 0 Å². The second kappa shape index (κ2) is 13.4. The van der Waals surface area contributed by atoms with E-state index in [2.05, 4.69) is 216 Å². The first-order valence-corrected chi connectivity index (χ1v) is 20.2. The molecule has 3 nitrogen and oxygen atoms in total. The number of hydrogen-bond donors (Lipinski definition) is 0. The van der Waals surface area contributed by atoms with Crippen LogP contribution in [0, 0.1) is 0 Å². The molecule has 0 spiro atoms. The summed E-state index contributed by atoms with van der Waals surface area (Å²) < 4.78 is 8.62. The summed E-state index contributed by atoms with van der Waals surface area (Å²) >= 11 is 0. The summed E-state index contributed by atoms with van der Waals surface area (Å²) in [7, 11) is 0. The summed E-state index contributed by atoms with van der Waals surface area (Å²) in [6.45, 7) is 0. The molecule has 12 aromatic rings. The van der Waals surface area contributed by atoms with Crippen molar-refractivity contribution in [3.63, 3.8) is 0 Å². The Morgan fingerprint density at radius 2 is 0.983 bits per heavy atom. The zero-order valence-corrected chi connectivity index (χ0v) is 32.1. The monoisotopic (exact) mass is 752 g/mol. The average molecular weight is 753 g/mol. The summed E-state index contributed by atoms with van der Waals surface area (Å²) in [5, 5.41) is 9.60. The van der Waals surface area contributed by atoms with Gasteiger partial charge in [0, 0.05) is 44.0 Å². The summed E-state index contributed by atoms with van der Waals surface area (Å²) in [5.74, 6) is 0. The van der Waals surface area contributed by atoms with Crippen molar-refractivity contribution in [3.8, 4) is 27.9 Å². The molecule has 0 aliphatic rings. The molecule has 59 heavy (non-hydrogen) atoms. The van der Waals surface area contributed by atoms with Gasteiger partial charge in [-0.25, -0.2) is 0 Å². The van der Waals surface area contributed by atoms with Crippen molar-refractivity contribution in [2.24, 2.45) is 0 Å². The van der Waals surface area contributed by atoms with E-state index < -0.39 is 0 Å². The number of aromatic nitrogens is 1. The van der Waals surface area contributed by atoms with Gasteiger partial charge in [-0.1, -0.05) is 152 Å². The molecule has 0 aliphatic carbocycles. The number of hydrogen-bond acceptors (Lipinski definition) is 2. The number of para-hydroxylation sites is 2. The van der Waals surface area contributed by atoms with Crippen molar-refractivity contribution in [2.75, 3.05) is 4.90 Å². The van der Waals surface area contributed by atoms with Gasteiger partial charge in [-0.05, 0) is 105 Å². The molecule has 2 aromatic heterocycles. The van der Waals surface area contributed by atoms with Crippen molar-refractivity contribution in [1.82, 2.24) is 4.57 Å². The fraction of sp³-hybridized carbons (Fsp3) is 0. The Hall–Kier alpha value is -7.88. The van der Waals surface area contributed by atoms with E-state index in [1.165, 1.54) is 54.5 Å². The number of rotatable bonds is 6. The standard InChI is InChI=1S/C56H36N2O/c1-3-19-44-37(13-1)15-10-23-45(44)39-29-31-41(32-30-39)57(51-26-11-16-38-14-2-4-20-46(38)51)42-18-9-17-40(35-42)47-24-12-27-53-56(47)49-22-5-7-25-52(49)58(53)43-33-34-55-50(36-43)48-21-6-8-28-54(48)59-55/h1-36H. The van der Waals surface area contributed by atoms with Gasteiger partial charge in [-0.2, -0.15) is 0 Å². The fourth-order valence-corrected chi connectivity index (χ4v) is 9.30. The van der Waals surface area contributed by atoms with Crippen LogP contribution < -0.4 is 4.90 Å². The molecule has 0 amide bonds. The smallest absolute Gasteiger partial charge is 0.135 e. The minimum Gasteiger partial charge on any atom is -0.456 e. The highest BCUT2D eigenvalue weighted by molar-refractivity contribution is 6.16. The van der Waals surface area contributed by atoms with Gasteiger partial charge < -0.3 is 13.9 Å². The molecule has 10 aromatic carbocycles. The van der Waals surface area contributed by atoms with Crippen molar-refractivity contribution < 1.29 is 4.42 Å². The van der Waals surface area contributed by atoms with Crippen LogP contribution in [0.4, 0.5) is 17.1 Å². The summed E-state index contributed by atoms with van der Waals surface area (Å²) in [5.41, 5.74) is 13.3. The Balaban J connectivity index is 1.03. The molecule has 2 heterocycles. The molecular weight excluding hydrogens is 717 g/mol. The number of nitrogens with zero attached hydrogens (tertiary/aromatic N) is 2. The van der Waals surface area contributed by atoms with Gasteiger partial charge in [-0.3, -0.25) is 0 Å². The first-order valence-electron chi connectivity index (χ1n) is 20.2. The highest BCUT2D eigenvalue weighted by Crippen LogP contribution is 2.44. The molecule has 12 rings (SSSR count). The lowest BCUT2D eigenvalue weighted by Crippen LogP contribution is -2.10. The van der Waals surface area contributed by atoms with Crippen LogP contribution in [0.2, 0.25) is 0 Å². The lowest BCUT2D eigenvalue weighted by Gasteiger charge is -2.27. The molecule has 0 saturated heterocycles. The molecular formula is C56H36N2O. The third-order valence-electron chi connectivity index (χ3n) is 12.0. The van der Waals surface area contributed by atoms with Crippen LogP contribution >= 0.6 is 0 Å². The van der Waals surface area contributed by atoms with Crippen molar-refractivity contribution in [2.45, 2.75) is 0 Å². The highest BCUT2D eigenvalue weighted by atomic mass is 16.3. The SMILES string of the molecule is c1cc(-c2cccc3c2c2ccccc2n3-c2ccc3oc4ccccc4c3c2)cc(N(c2ccc(-c3cccc4ccccc34)cc2)c2cccc3ccccc23)c1. The zero-order valence-electron chi connectivity index (χ0n) is 32.1. The third kappa shape index (κ3) is 5.36. The Labute approximate surface area is 341 Å². The maximum atomic E-state index is 6.22. The van der Waals surface area contributed by atoms with Crippen LogP contribution in [0.1, 0.15) is 0 Å². The van der Waals surface area contributed by atoms with Crippen LogP contribution in [0.25, 0.3) is 93.2 Å². The van der Waals surface area contributed by atoms with Gasteiger partial charge in [0.05, 0.1) is 16.7 Å². The van der Waals surface area contributed by atoms with Crippen LogP contribution in [-0.2, 0) is 0 Å². The molecule has 0 radical (unpaired) electrons. The number of benzene rings is 10. The van der Waals surface area contributed by atoms with Gasteiger partial charge in [0.15, 0.2) is 0 Å². The summed E-state index contributed by atoms with van der Waals surface area (Å²) in [6, 6.07) is 78.9. The van der Waals surface area contributed by atoms with E-state index >= 15 is 0 Å². The summed E-state index contributed by atoms with van der Waals surface area (Å²) in [6.07, 6.45) is 0. The minimum absolute atomic E-state index is 0.896.